The van der Waals surface area contributed by atoms with E-state index in [1.54, 1.807) is 37.3 Å². The molecule has 2 atom stereocenters. The Morgan fingerprint density at radius 1 is 0.844 bits per heavy atom. The highest BCUT2D eigenvalue weighted by molar-refractivity contribution is 5.97. The molecule has 0 saturated carbocycles. The first kappa shape index (κ1) is 23.1. The third-order valence-corrected chi connectivity index (χ3v) is 5.01. The van der Waals surface area contributed by atoms with Gasteiger partial charge in [0.15, 0.2) is 0 Å². The molecule has 166 valence electrons. The Balaban J connectivity index is 1.77. The maximum Gasteiger partial charge on any atom is 0.416 e. The molecule has 0 heterocycles. The van der Waals surface area contributed by atoms with Crippen molar-refractivity contribution >= 4 is 11.8 Å². The highest BCUT2D eigenvalue weighted by Crippen LogP contribution is 2.30. The highest BCUT2D eigenvalue weighted by atomic mass is 19.4. The molecule has 0 unspecified atom stereocenters. The first-order chi connectivity index (χ1) is 15.2. The van der Waals surface area contributed by atoms with E-state index in [4.69, 9.17) is 0 Å². The van der Waals surface area contributed by atoms with Crippen LogP contribution in [-0.2, 0) is 17.4 Å². The summed E-state index contributed by atoms with van der Waals surface area (Å²) in [6, 6.07) is 20.9. The Hall–Kier alpha value is -3.61. The number of alkyl halides is 3. The van der Waals surface area contributed by atoms with Gasteiger partial charge in [0.1, 0.15) is 6.04 Å². The second-order valence-electron chi connectivity index (χ2n) is 7.44. The van der Waals surface area contributed by atoms with Crippen molar-refractivity contribution < 1.29 is 22.8 Å². The quantitative estimate of drug-likeness (QED) is 0.548. The van der Waals surface area contributed by atoms with Crippen molar-refractivity contribution in [3.8, 4) is 0 Å². The lowest BCUT2D eigenvalue weighted by atomic mass is 10.0. The summed E-state index contributed by atoms with van der Waals surface area (Å²) in [6.45, 7) is 1.60. The fourth-order valence-corrected chi connectivity index (χ4v) is 3.27. The van der Waals surface area contributed by atoms with Crippen molar-refractivity contribution in [2.24, 2.45) is 0 Å². The predicted octanol–water partition coefficient (Wildman–Crippen LogP) is 4.92. The van der Waals surface area contributed by atoms with Crippen molar-refractivity contribution in [2.45, 2.75) is 31.6 Å². The first-order valence-electron chi connectivity index (χ1n) is 10.1. The third kappa shape index (κ3) is 6.20. The molecule has 0 saturated heterocycles. The maximum absolute atomic E-state index is 13.0. The summed E-state index contributed by atoms with van der Waals surface area (Å²) in [5, 5.41) is 5.47. The topological polar surface area (TPSA) is 58.2 Å². The molecule has 0 aliphatic heterocycles. The van der Waals surface area contributed by atoms with Crippen LogP contribution in [0.4, 0.5) is 13.2 Å². The predicted molar refractivity (Wildman–Crippen MR) is 116 cm³/mol. The number of carbonyl (C=O) groups excluding carboxylic acids is 2. The van der Waals surface area contributed by atoms with Crippen molar-refractivity contribution in [3.05, 3.63) is 107 Å². The molecule has 0 aromatic heterocycles. The Morgan fingerprint density at radius 2 is 1.47 bits per heavy atom. The van der Waals surface area contributed by atoms with Crippen LogP contribution in [0.5, 0.6) is 0 Å². The molecule has 0 bridgehead atoms. The number of benzene rings is 3. The number of carbonyl (C=O) groups is 2. The lowest BCUT2D eigenvalue weighted by Crippen LogP contribution is -2.48. The lowest BCUT2D eigenvalue weighted by molar-refractivity contribution is -0.137. The fourth-order valence-electron chi connectivity index (χ4n) is 3.27. The zero-order valence-corrected chi connectivity index (χ0v) is 17.4. The van der Waals surface area contributed by atoms with Gasteiger partial charge in [-0.2, -0.15) is 13.2 Å². The van der Waals surface area contributed by atoms with Crippen molar-refractivity contribution in [2.75, 3.05) is 0 Å². The minimum atomic E-state index is -4.47. The van der Waals surface area contributed by atoms with Gasteiger partial charge in [-0.05, 0) is 42.3 Å². The average Bonchev–Trinajstić information content (AvgIpc) is 2.79. The monoisotopic (exact) mass is 440 g/mol. The highest BCUT2D eigenvalue weighted by Gasteiger charge is 2.31. The van der Waals surface area contributed by atoms with Gasteiger partial charge in [-0.25, -0.2) is 0 Å². The van der Waals surface area contributed by atoms with E-state index in [9.17, 15) is 22.8 Å². The zero-order chi connectivity index (χ0) is 23.1. The molecule has 7 heteroatoms. The normalized spacial score (nSPS) is 13.1. The number of hydrogen-bond donors (Lipinski definition) is 2. The van der Waals surface area contributed by atoms with E-state index in [1.165, 1.54) is 12.1 Å². The summed E-state index contributed by atoms with van der Waals surface area (Å²) in [7, 11) is 0. The average molecular weight is 440 g/mol. The Bertz CT molecular complexity index is 1050. The summed E-state index contributed by atoms with van der Waals surface area (Å²) in [6.07, 6.45) is -4.24. The largest absolute Gasteiger partial charge is 0.416 e. The molecule has 0 fully saturated rings. The summed E-state index contributed by atoms with van der Waals surface area (Å²) < 4.78 is 39.1. The van der Waals surface area contributed by atoms with Crippen LogP contribution in [0.1, 0.15) is 40.0 Å². The number of amides is 2. The van der Waals surface area contributed by atoms with Crippen LogP contribution in [0.2, 0.25) is 0 Å². The second-order valence-corrected chi connectivity index (χ2v) is 7.44. The summed E-state index contributed by atoms with van der Waals surface area (Å²) in [4.78, 5) is 25.7. The Kier molecular flexibility index (Phi) is 7.30. The third-order valence-electron chi connectivity index (χ3n) is 5.01. The Morgan fingerprint density at radius 3 is 2.09 bits per heavy atom. The minimum absolute atomic E-state index is 0.237. The van der Waals surface area contributed by atoms with Gasteiger partial charge in [-0.1, -0.05) is 60.7 Å². The van der Waals surface area contributed by atoms with E-state index in [0.717, 1.165) is 17.7 Å². The SMILES string of the molecule is C[C@H](NC(=O)[C@@H](Cc1ccccc1)NC(=O)c1ccccc1)c1cccc(C(F)(F)F)c1. The number of halogens is 3. The molecular formula is C25H23F3N2O2. The minimum Gasteiger partial charge on any atom is -0.348 e. The fraction of sp³-hybridized carbons (Fsp3) is 0.200. The van der Waals surface area contributed by atoms with Gasteiger partial charge in [-0.15, -0.1) is 0 Å². The van der Waals surface area contributed by atoms with Crippen LogP contribution in [0, 0.1) is 0 Å². The smallest absolute Gasteiger partial charge is 0.348 e. The zero-order valence-electron chi connectivity index (χ0n) is 17.4. The number of nitrogens with one attached hydrogen (secondary N) is 2. The van der Waals surface area contributed by atoms with Crippen LogP contribution in [0.25, 0.3) is 0 Å². The molecule has 4 nitrogen and oxygen atoms in total. The van der Waals surface area contributed by atoms with Crippen molar-refractivity contribution in [3.63, 3.8) is 0 Å². The molecule has 0 aliphatic rings. The molecule has 0 aliphatic carbocycles. The number of rotatable bonds is 7. The maximum atomic E-state index is 13.0. The molecule has 3 rings (SSSR count). The summed E-state index contributed by atoms with van der Waals surface area (Å²) in [5.41, 5.74) is 0.785. The van der Waals surface area contributed by atoms with E-state index >= 15 is 0 Å². The molecule has 2 N–H and O–H groups in total. The van der Waals surface area contributed by atoms with Crippen molar-refractivity contribution in [1.29, 1.82) is 0 Å². The molecule has 3 aromatic rings. The molecule has 2 amide bonds. The summed E-state index contributed by atoms with van der Waals surface area (Å²) >= 11 is 0. The van der Waals surface area contributed by atoms with E-state index < -0.39 is 35.6 Å². The van der Waals surface area contributed by atoms with Crippen molar-refractivity contribution in [1.82, 2.24) is 10.6 Å². The van der Waals surface area contributed by atoms with Gasteiger partial charge >= 0.3 is 6.18 Å². The van der Waals surface area contributed by atoms with Gasteiger partial charge in [0.05, 0.1) is 11.6 Å². The molecule has 0 spiro atoms. The van der Waals surface area contributed by atoms with E-state index in [-0.39, 0.29) is 6.42 Å². The summed E-state index contributed by atoms with van der Waals surface area (Å²) in [5.74, 6) is -0.892. The number of hydrogen-bond acceptors (Lipinski definition) is 2. The van der Waals surface area contributed by atoms with Gasteiger partial charge in [-0.3, -0.25) is 9.59 Å². The molecule has 0 radical (unpaired) electrons. The van der Waals surface area contributed by atoms with E-state index in [2.05, 4.69) is 10.6 Å². The van der Waals surface area contributed by atoms with Gasteiger partial charge in [0, 0.05) is 12.0 Å². The molecule has 32 heavy (non-hydrogen) atoms. The van der Waals surface area contributed by atoms with Crippen LogP contribution in [0.15, 0.2) is 84.9 Å². The lowest BCUT2D eigenvalue weighted by Gasteiger charge is -2.22. The molecular weight excluding hydrogens is 417 g/mol. The van der Waals surface area contributed by atoms with Crippen LogP contribution >= 0.6 is 0 Å². The Labute approximate surface area is 184 Å². The standard InChI is InChI=1S/C25H23F3N2O2/c1-17(20-13-8-14-21(16-20)25(26,27)28)29-24(32)22(15-18-9-4-2-5-10-18)30-23(31)19-11-6-3-7-12-19/h2-14,16-17,22H,15H2,1H3,(H,29,32)(H,30,31)/t17-,22+/m0/s1. The van der Waals surface area contributed by atoms with E-state index in [0.29, 0.717) is 11.1 Å². The van der Waals surface area contributed by atoms with Crippen LogP contribution in [-0.4, -0.2) is 17.9 Å². The van der Waals surface area contributed by atoms with E-state index in [1.807, 2.05) is 30.3 Å². The molecule has 3 aromatic carbocycles. The van der Waals surface area contributed by atoms with Gasteiger partial charge in [0.2, 0.25) is 5.91 Å². The second kappa shape index (κ2) is 10.1. The van der Waals surface area contributed by atoms with Gasteiger partial charge < -0.3 is 10.6 Å². The van der Waals surface area contributed by atoms with Gasteiger partial charge in [0.25, 0.3) is 5.91 Å². The van der Waals surface area contributed by atoms with Crippen LogP contribution in [0.3, 0.4) is 0 Å². The first-order valence-corrected chi connectivity index (χ1v) is 10.1. The van der Waals surface area contributed by atoms with Crippen LogP contribution < -0.4 is 10.6 Å².